The van der Waals surface area contributed by atoms with Crippen LogP contribution in [0.15, 0.2) is 24.3 Å². The quantitative estimate of drug-likeness (QED) is 0.809. The van der Waals surface area contributed by atoms with E-state index in [1.807, 2.05) is 6.07 Å². The number of phenolic OH excluding ortho intramolecular Hbond substituents is 1. The van der Waals surface area contributed by atoms with Gasteiger partial charge in [0.05, 0.1) is 5.92 Å². The molecule has 1 atom stereocenters. The van der Waals surface area contributed by atoms with Crippen molar-refractivity contribution in [1.29, 1.82) is 0 Å². The smallest absolute Gasteiger partial charge is 0.307 e. The molecule has 0 heterocycles. The zero-order chi connectivity index (χ0) is 11.3. The van der Waals surface area contributed by atoms with E-state index in [-0.39, 0.29) is 11.7 Å². The Kier molecular flexibility index (Phi) is 4.49. The van der Waals surface area contributed by atoms with Crippen molar-refractivity contribution in [2.24, 2.45) is 5.92 Å². The Bertz CT molecular complexity index is 338. The van der Waals surface area contributed by atoms with Crippen LogP contribution in [0.25, 0.3) is 0 Å². The number of aromatic hydroxyl groups is 1. The monoisotopic (exact) mass is 226 g/mol. The van der Waals surface area contributed by atoms with E-state index in [9.17, 15) is 9.90 Å². The Balaban J connectivity index is 2.35. The maximum absolute atomic E-state index is 10.5. The van der Waals surface area contributed by atoms with Crippen LogP contribution >= 0.6 is 11.8 Å². The van der Waals surface area contributed by atoms with Gasteiger partial charge in [-0.3, -0.25) is 4.79 Å². The first-order chi connectivity index (χ1) is 7.09. The minimum Gasteiger partial charge on any atom is -0.508 e. The highest BCUT2D eigenvalue weighted by Gasteiger charge is 2.10. The summed E-state index contributed by atoms with van der Waals surface area (Å²) in [7, 11) is 0. The number of carboxylic acid groups (broad SMARTS) is 1. The third-order valence-electron chi connectivity index (χ3n) is 1.97. The predicted molar refractivity (Wildman–Crippen MR) is 61.1 cm³/mol. The molecular formula is C11H14O3S. The van der Waals surface area contributed by atoms with Crippen LogP contribution in [0, 0.1) is 5.92 Å². The van der Waals surface area contributed by atoms with Crippen molar-refractivity contribution >= 4 is 17.7 Å². The molecule has 0 aliphatic rings. The highest BCUT2D eigenvalue weighted by atomic mass is 32.2. The van der Waals surface area contributed by atoms with Gasteiger partial charge in [-0.15, -0.1) is 0 Å². The Labute approximate surface area is 93.1 Å². The zero-order valence-electron chi connectivity index (χ0n) is 8.51. The molecule has 2 N–H and O–H groups in total. The van der Waals surface area contributed by atoms with E-state index in [0.29, 0.717) is 5.75 Å². The van der Waals surface area contributed by atoms with Gasteiger partial charge in [0.2, 0.25) is 0 Å². The van der Waals surface area contributed by atoms with E-state index in [1.54, 1.807) is 36.9 Å². The summed E-state index contributed by atoms with van der Waals surface area (Å²) < 4.78 is 0. The van der Waals surface area contributed by atoms with E-state index in [1.165, 1.54) is 0 Å². The lowest BCUT2D eigenvalue weighted by molar-refractivity contribution is -0.140. The number of aliphatic carboxylic acids is 1. The second kappa shape index (κ2) is 5.66. The summed E-state index contributed by atoms with van der Waals surface area (Å²) in [6, 6.07) is 7.01. The lowest BCUT2D eigenvalue weighted by Crippen LogP contribution is -2.11. The number of hydrogen-bond donors (Lipinski definition) is 2. The molecule has 0 saturated carbocycles. The van der Waals surface area contributed by atoms with Gasteiger partial charge < -0.3 is 10.2 Å². The van der Waals surface area contributed by atoms with Crippen LogP contribution in [0.1, 0.15) is 12.5 Å². The summed E-state index contributed by atoms with van der Waals surface area (Å²) in [5.41, 5.74) is 1.01. The van der Waals surface area contributed by atoms with Crippen LogP contribution in [0.5, 0.6) is 5.75 Å². The van der Waals surface area contributed by atoms with Gasteiger partial charge in [0, 0.05) is 11.5 Å². The average Bonchev–Trinajstić information content (AvgIpc) is 2.17. The molecule has 1 aromatic carbocycles. The molecule has 15 heavy (non-hydrogen) atoms. The largest absolute Gasteiger partial charge is 0.508 e. The summed E-state index contributed by atoms with van der Waals surface area (Å²) in [6.45, 7) is 1.69. The molecule has 82 valence electrons. The number of phenols is 1. The maximum Gasteiger partial charge on any atom is 0.307 e. The van der Waals surface area contributed by atoms with Gasteiger partial charge in [-0.25, -0.2) is 0 Å². The van der Waals surface area contributed by atoms with Gasteiger partial charge in [-0.1, -0.05) is 19.1 Å². The number of carboxylic acids is 1. The third kappa shape index (κ3) is 4.25. The van der Waals surface area contributed by atoms with Crippen molar-refractivity contribution in [2.75, 3.05) is 5.75 Å². The summed E-state index contributed by atoms with van der Waals surface area (Å²) in [4.78, 5) is 10.5. The van der Waals surface area contributed by atoms with E-state index in [4.69, 9.17) is 5.11 Å². The Morgan fingerprint density at radius 3 is 2.87 bits per heavy atom. The summed E-state index contributed by atoms with van der Waals surface area (Å²) >= 11 is 1.56. The molecule has 0 aliphatic carbocycles. The van der Waals surface area contributed by atoms with Gasteiger partial charge in [-0.05, 0) is 17.7 Å². The third-order valence-corrected chi connectivity index (χ3v) is 3.24. The highest BCUT2D eigenvalue weighted by molar-refractivity contribution is 7.98. The van der Waals surface area contributed by atoms with Gasteiger partial charge in [-0.2, -0.15) is 11.8 Å². The van der Waals surface area contributed by atoms with Gasteiger partial charge in [0.25, 0.3) is 0 Å². The van der Waals surface area contributed by atoms with Crippen LogP contribution in [-0.2, 0) is 10.5 Å². The number of carbonyl (C=O) groups is 1. The molecule has 1 unspecified atom stereocenters. The van der Waals surface area contributed by atoms with Crippen LogP contribution in [0.2, 0.25) is 0 Å². The lowest BCUT2D eigenvalue weighted by Gasteiger charge is -2.05. The molecular weight excluding hydrogens is 212 g/mol. The second-order valence-electron chi connectivity index (χ2n) is 3.42. The molecule has 0 bridgehead atoms. The van der Waals surface area contributed by atoms with Crippen LogP contribution in [0.3, 0.4) is 0 Å². The van der Waals surface area contributed by atoms with Crippen LogP contribution in [0.4, 0.5) is 0 Å². The first-order valence-corrected chi connectivity index (χ1v) is 5.83. The van der Waals surface area contributed by atoms with Gasteiger partial charge >= 0.3 is 5.97 Å². The molecule has 0 aliphatic heterocycles. The minimum absolute atomic E-state index is 0.249. The van der Waals surface area contributed by atoms with Crippen molar-refractivity contribution in [2.45, 2.75) is 12.7 Å². The molecule has 0 aromatic heterocycles. The van der Waals surface area contributed by atoms with Crippen molar-refractivity contribution in [3.05, 3.63) is 29.8 Å². The SMILES string of the molecule is CC(CSCc1cccc(O)c1)C(=O)O. The molecule has 4 heteroatoms. The number of benzene rings is 1. The van der Waals surface area contributed by atoms with Crippen molar-refractivity contribution in [3.63, 3.8) is 0 Å². The highest BCUT2D eigenvalue weighted by Crippen LogP contribution is 2.18. The molecule has 0 saturated heterocycles. The summed E-state index contributed by atoms with van der Waals surface area (Å²) in [5.74, 6) is 0.474. The van der Waals surface area contributed by atoms with Crippen molar-refractivity contribution < 1.29 is 15.0 Å². The summed E-state index contributed by atoms with van der Waals surface area (Å²) in [5, 5.41) is 17.9. The molecule has 0 spiro atoms. The van der Waals surface area contributed by atoms with E-state index >= 15 is 0 Å². The van der Waals surface area contributed by atoms with E-state index in [2.05, 4.69) is 0 Å². The number of rotatable bonds is 5. The first-order valence-electron chi connectivity index (χ1n) is 4.68. The Morgan fingerprint density at radius 1 is 1.53 bits per heavy atom. The predicted octanol–water partition coefficient (Wildman–Crippen LogP) is 2.35. The fourth-order valence-corrected chi connectivity index (χ4v) is 2.10. The van der Waals surface area contributed by atoms with Crippen molar-refractivity contribution in [1.82, 2.24) is 0 Å². The van der Waals surface area contributed by atoms with Crippen LogP contribution < -0.4 is 0 Å². The molecule has 1 aromatic rings. The van der Waals surface area contributed by atoms with Crippen LogP contribution in [-0.4, -0.2) is 21.9 Å². The normalized spacial score (nSPS) is 12.3. The second-order valence-corrected chi connectivity index (χ2v) is 4.45. The zero-order valence-corrected chi connectivity index (χ0v) is 9.33. The number of hydrogen-bond acceptors (Lipinski definition) is 3. The fourth-order valence-electron chi connectivity index (χ4n) is 1.07. The molecule has 3 nitrogen and oxygen atoms in total. The minimum atomic E-state index is -0.765. The van der Waals surface area contributed by atoms with E-state index in [0.717, 1.165) is 11.3 Å². The maximum atomic E-state index is 10.5. The first kappa shape index (κ1) is 11.9. The average molecular weight is 226 g/mol. The standard InChI is InChI=1S/C11H14O3S/c1-8(11(13)14)6-15-7-9-3-2-4-10(12)5-9/h2-5,8,12H,6-7H2,1H3,(H,13,14). The Morgan fingerprint density at radius 2 is 2.27 bits per heavy atom. The van der Waals surface area contributed by atoms with Crippen molar-refractivity contribution in [3.8, 4) is 5.75 Å². The summed E-state index contributed by atoms with van der Waals surface area (Å²) in [6.07, 6.45) is 0. The lowest BCUT2D eigenvalue weighted by atomic mass is 10.2. The molecule has 0 amide bonds. The Hall–Kier alpha value is -1.16. The topological polar surface area (TPSA) is 57.5 Å². The molecule has 0 radical (unpaired) electrons. The fraction of sp³-hybridized carbons (Fsp3) is 0.364. The van der Waals surface area contributed by atoms with E-state index < -0.39 is 5.97 Å². The van der Waals surface area contributed by atoms with Gasteiger partial charge in [0.15, 0.2) is 0 Å². The molecule has 0 fully saturated rings. The number of thioether (sulfide) groups is 1. The molecule has 1 rings (SSSR count). The van der Waals surface area contributed by atoms with Gasteiger partial charge in [0.1, 0.15) is 5.75 Å².